The maximum absolute atomic E-state index is 5.39. The second-order valence-corrected chi connectivity index (χ2v) is 7.61. The number of ether oxygens (including phenoxy) is 2. The van der Waals surface area contributed by atoms with E-state index in [9.17, 15) is 0 Å². The van der Waals surface area contributed by atoms with Gasteiger partial charge in [-0.15, -0.1) is 10.2 Å². The van der Waals surface area contributed by atoms with Gasteiger partial charge in [-0.05, 0) is 50.2 Å². The Morgan fingerprint density at radius 1 is 0.967 bits per heavy atom. The number of methoxy groups -OCH3 is 2. The van der Waals surface area contributed by atoms with Gasteiger partial charge in [0.1, 0.15) is 17.3 Å². The number of benzene rings is 2. The summed E-state index contributed by atoms with van der Waals surface area (Å²) in [7, 11) is 3.30. The zero-order valence-corrected chi connectivity index (χ0v) is 18.1. The van der Waals surface area contributed by atoms with Gasteiger partial charge in [0.25, 0.3) is 0 Å². The topological polar surface area (TPSA) is 75.2 Å². The molecule has 0 fully saturated rings. The van der Waals surface area contributed by atoms with E-state index < -0.39 is 0 Å². The lowest BCUT2D eigenvalue weighted by molar-refractivity contribution is 0.392. The number of rotatable bonds is 7. The standard InChI is InChI=1S/C22H22N4O3S/c1-14-20(15(2)29-25-14)13-30-22-24-23-21(16-6-5-7-19(12-16)28-4)26(22)17-8-10-18(27-3)11-9-17/h5-12H,13H2,1-4H3. The third-order valence-electron chi connectivity index (χ3n) is 4.82. The van der Waals surface area contributed by atoms with Crippen LogP contribution in [0.15, 0.2) is 58.2 Å². The average Bonchev–Trinajstić information content (AvgIpc) is 3.35. The van der Waals surface area contributed by atoms with Crippen molar-refractivity contribution in [3.8, 4) is 28.6 Å². The Labute approximate surface area is 179 Å². The van der Waals surface area contributed by atoms with Crippen LogP contribution in [-0.4, -0.2) is 34.1 Å². The van der Waals surface area contributed by atoms with Crippen molar-refractivity contribution in [1.82, 2.24) is 19.9 Å². The van der Waals surface area contributed by atoms with Gasteiger partial charge < -0.3 is 14.0 Å². The van der Waals surface area contributed by atoms with Gasteiger partial charge >= 0.3 is 0 Å². The van der Waals surface area contributed by atoms with E-state index in [1.54, 1.807) is 26.0 Å². The molecule has 0 atom stereocenters. The molecule has 7 nitrogen and oxygen atoms in total. The van der Waals surface area contributed by atoms with Crippen LogP contribution in [-0.2, 0) is 5.75 Å². The summed E-state index contributed by atoms with van der Waals surface area (Å²) < 4.78 is 18.0. The molecule has 30 heavy (non-hydrogen) atoms. The summed E-state index contributed by atoms with van der Waals surface area (Å²) in [5.41, 5.74) is 3.83. The molecule has 0 bridgehead atoms. The van der Waals surface area contributed by atoms with E-state index >= 15 is 0 Å². The van der Waals surface area contributed by atoms with Gasteiger partial charge in [0.2, 0.25) is 0 Å². The van der Waals surface area contributed by atoms with Crippen LogP contribution in [0.3, 0.4) is 0 Å². The highest BCUT2D eigenvalue weighted by Gasteiger charge is 2.18. The molecule has 0 aliphatic heterocycles. The quantitative estimate of drug-likeness (QED) is 0.394. The third kappa shape index (κ3) is 3.91. The maximum atomic E-state index is 5.39. The number of aromatic nitrogens is 4. The highest BCUT2D eigenvalue weighted by Crippen LogP contribution is 2.32. The molecule has 2 aromatic carbocycles. The number of nitrogens with zero attached hydrogens (tertiary/aromatic N) is 4. The Morgan fingerprint density at radius 2 is 1.73 bits per heavy atom. The summed E-state index contributed by atoms with van der Waals surface area (Å²) >= 11 is 1.59. The fraction of sp³-hybridized carbons (Fsp3) is 0.227. The van der Waals surface area contributed by atoms with Crippen molar-refractivity contribution in [2.75, 3.05) is 14.2 Å². The van der Waals surface area contributed by atoms with Crippen LogP contribution in [0.5, 0.6) is 11.5 Å². The van der Waals surface area contributed by atoms with Crippen LogP contribution >= 0.6 is 11.8 Å². The summed E-state index contributed by atoms with van der Waals surface area (Å²) in [5, 5.41) is 13.8. The summed E-state index contributed by atoms with van der Waals surface area (Å²) in [4.78, 5) is 0. The third-order valence-corrected chi connectivity index (χ3v) is 5.77. The van der Waals surface area contributed by atoms with Gasteiger partial charge in [-0.25, -0.2) is 0 Å². The SMILES string of the molecule is COc1ccc(-n2c(SCc3c(C)noc3C)nnc2-c2cccc(OC)c2)cc1. The smallest absolute Gasteiger partial charge is 0.196 e. The second-order valence-electron chi connectivity index (χ2n) is 6.66. The molecular formula is C22H22N4O3S. The van der Waals surface area contributed by atoms with E-state index in [0.29, 0.717) is 5.75 Å². The fourth-order valence-corrected chi connectivity index (χ4v) is 4.23. The average molecular weight is 423 g/mol. The molecule has 0 spiro atoms. The lowest BCUT2D eigenvalue weighted by Crippen LogP contribution is -2.00. The first-order chi connectivity index (χ1) is 14.6. The van der Waals surface area contributed by atoms with Crippen LogP contribution in [0.2, 0.25) is 0 Å². The van der Waals surface area contributed by atoms with Crippen LogP contribution in [0.25, 0.3) is 17.1 Å². The first-order valence-corrected chi connectivity index (χ1v) is 10.4. The van der Waals surface area contributed by atoms with Crippen molar-refractivity contribution in [2.45, 2.75) is 24.8 Å². The lowest BCUT2D eigenvalue weighted by Gasteiger charge is -2.11. The predicted molar refractivity (Wildman–Crippen MR) is 115 cm³/mol. The van der Waals surface area contributed by atoms with E-state index in [1.165, 1.54) is 0 Å². The first-order valence-electron chi connectivity index (χ1n) is 9.39. The van der Waals surface area contributed by atoms with Gasteiger partial charge in [0.05, 0.1) is 19.9 Å². The zero-order chi connectivity index (χ0) is 21.1. The number of thioether (sulfide) groups is 1. The van der Waals surface area contributed by atoms with Crippen LogP contribution in [0.1, 0.15) is 17.0 Å². The van der Waals surface area contributed by atoms with Crippen molar-refractivity contribution in [1.29, 1.82) is 0 Å². The molecule has 0 unspecified atom stereocenters. The summed E-state index contributed by atoms with van der Waals surface area (Å²) in [5.74, 6) is 3.80. The highest BCUT2D eigenvalue weighted by atomic mass is 32.2. The molecule has 0 radical (unpaired) electrons. The Hall–Kier alpha value is -3.26. The molecule has 0 saturated heterocycles. The van der Waals surface area contributed by atoms with Crippen LogP contribution in [0, 0.1) is 13.8 Å². The van der Waals surface area contributed by atoms with Gasteiger partial charge in [0, 0.05) is 22.6 Å². The van der Waals surface area contributed by atoms with E-state index in [4.69, 9.17) is 14.0 Å². The first kappa shape index (κ1) is 20.0. The zero-order valence-electron chi connectivity index (χ0n) is 17.2. The number of hydrogen-bond acceptors (Lipinski definition) is 7. The Bertz CT molecular complexity index is 1130. The molecule has 154 valence electrons. The lowest BCUT2D eigenvalue weighted by atomic mass is 10.2. The van der Waals surface area contributed by atoms with Gasteiger partial charge in [0.15, 0.2) is 11.0 Å². The molecule has 8 heteroatoms. The summed E-state index contributed by atoms with van der Waals surface area (Å²) in [6.07, 6.45) is 0. The molecule has 2 aromatic heterocycles. The van der Waals surface area contributed by atoms with Gasteiger partial charge in [-0.2, -0.15) is 0 Å². The number of hydrogen-bond donors (Lipinski definition) is 0. The van der Waals surface area contributed by atoms with Crippen molar-refractivity contribution in [3.05, 3.63) is 65.5 Å². The Morgan fingerprint density at radius 3 is 2.40 bits per heavy atom. The molecule has 0 saturated carbocycles. The highest BCUT2D eigenvalue weighted by molar-refractivity contribution is 7.98. The maximum Gasteiger partial charge on any atom is 0.196 e. The minimum Gasteiger partial charge on any atom is -0.497 e. The minimum absolute atomic E-state index is 0.688. The van der Waals surface area contributed by atoms with E-state index in [2.05, 4.69) is 15.4 Å². The minimum atomic E-state index is 0.688. The van der Waals surface area contributed by atoms with Crippen molar-refractivity contribution < 1.29 is 14.0 Å². The van der Waals surface area contributed by atoms with E-state index in [1.807, 2.05) is 66.9 Å². The second kappa shape index (κ2) is 8.62. The Kier molecular flexibility index (Phi) is 5.76. The predicted octanol–water partition coefficient (Wildman–Crippen LogP) is 4.85. The number of aryl methyl sites for hydroxylation is 2. The van der Waals surface area contributed by atoms with Gasteiger partial charge in [-0.1, -0.05) is 29.1 Å². The molecule has 0 aliphatic carbocycles. The van der Waals surface area contributed by atoms with Crippen molar-refractivity contribution in [3.63, 3.8) is 0 Å². The van der Waals surface area contributed by atoms with E-state index in [-0.39, 0.29) is 0 Å². The summed E-state index contributed by atoms with van der Waals surface area (Å²) in [6.45, 7) is 3.87. The normalized spacial score (nSPS) is 10.9. The summed E-state index contributed by atoms with van der Waals surface area (Å²) in [6, 6.07) is 15.6. The molecule has 0 amide bonds. The monoisotopic (exact) mass is 422 g/mol. The molecule has 0 aliphatic rings. The Balaban J connectivity index is 1.76. The molecule has 0 N–H and O–H groups in total. The molecule has 2 heterocycles. The van der Waals surface area contributed by atoms with Crippen molar-refractivity contribution in [2.24, 2.45) is 0 Å². The molecular weight excluding hydrogens is 400 g/mol. The largest absolute Gasteiger partial charge is 0.497 e. The van der Waals surface area contributed by atoms with E-state index in [0.717, 1.165) is 50.7 Å². The van der Waals surface area contributed by atoms with Crippen LogP contribution in [0.4, 0.5) is 0 Å². The van der Waals surface area contributed by atoms with Crippen molar-refractivity contribution >= 4 is 11.8 Å². The molecule has 4 rings (SSSR count). The van der Waals surface area contributed by atoms with Gasteiger partial charge in [-0.3, -0.25) is 4.57 Å². The fourth-order valence-electron chi connectivity index (χ4n) is 3.12. The van der Waals surface area contributed by atoms with Crippen LogP contribution < -0.4 is 9.47 Å². The molecule has 4 aromatic rings.